The molecule has 1 rings (SSSR count). The Kier molecular flexibility index (Phi) is 4.79. The van der Waals surface area contributed by atoms with Crippen LogP contribution < -0.4 is 0 Å². The van der Waals surface area contributed by atoms with Gasteiger partial charge in [-0.3, -0.25) is 4.55 Å². The molecular formula is C11H11N3O3S2. The van der Waals surface area contributed by atoms with E-state index < -0.39 is 10.1 Å². The van der Waals surface area contributed by atoms with Crippen molar-refractivity contribution in [2.75, 3.05) is 0 Å². The molecule has 0 aliphatic carbocycles. The van der Waals surface area contributed by atoms with E-state index in [0.717, 1.165) is 11.9 Å². The van der Waals surface area contributed by atoms with Crippen molar-refractivity contribution >= 4 is 33.0 Å². The van der Waals surface area contributed by atoms with Gasteiger partial charge in [0.05, 0.1) is 0 Å². The van der Waals surface area contributed by atoms with Crippen molar-refractivity contribution in [3.8, 4) is 0 Å². The molecule has 0 spiro atoms. The Balaban J connectivity index is 3.57. The van der Waals surface area contributed by atoms with Crippen LogP contribution in [-0.2, 0) is 10.1 Å². The second kappa shape index (κ2) is 5.94. The maximum absolute atomic E-state index is 11.3. The molecular weight excluding hydrogens is 286 g/mol. The lowest BCUT2D eigenvalue weighted by Crippen LogP contribution is -2.03. The molecule has 0 bridgehead atoms. The van der Waals surface area contributed by atoms with E-state index in [9.17, 15) is 13.0 Å². The van der Waals surface area contributed by atoms with Gasteiger partial charge in [-0.15, -0.1) is 0 Å². The third-order valence-corrected chi connectivity index (χ3v) is 3.74. The molecule has 0 unspecified atom stereocenters. The van der Waals surface area contributed by atoms with E-state index in [1.54, 1.807) is 13.0 Å². The maximum Gasteiger partial charge on any atom is 0.295 e. The lowest BCUT2D eigenvalue weighted by atomic mass is 10.0. The summed E-state index contributed by atoms with van der Waals surface area (Å²) in [5, 5.41) is 0. The first kappa shape index (κ1) is 15.3. The third-order valence-electron chi connectivity index (χ3n) is 2.26. The molecule has 1 N–H and O–H groups in total. The summed E-state index contributed by atoms with van der Waals surface area (Å²) in [7, 11) is -4.37. The van der Waals surface area contributed by atoms with Gasteiger partial charge in [0.15, 0.2) is 0 Å². The SMILES string of the molecule is C=Cc1c(C(=C)SN=[N+]=[N-])cc(C)cc1S(=O)(=O)O. The Morgan fingerprint density at radius 2 is 2.21 bits per heavy atom. The smallest absolute Gasteiger partial charge is 0.282 e. The average Bonchev–Trinajstić information content (AvgIpc) is 2.33. The number of aryl methyl sites for hydroxylation is 1. The van der Waals surface area contributed by atoms with Crippen LogP contribution in [0.4, 0.5) is 0 Å². The maximum atomic E-state index is 11.3. The van der Waals surface area contributed by atoms with Crippen LogP contribution in [0.5, 0.6) is 0 Å². The predicted octanol–water partition coefficient (Wildman–Crippen LogP) is 3.81. The fourth-order valence-electron chi connectivity index (χ4n) is 1.54. The molecule has 0 saturated carbocycles. The molecule has 6 nitrogen and oxygen atoms in total. The molecule has 19 heavy (non-hydrogen) atoms. The van der Waals surface area contributed by atoms with Crippen LogP contribution >= 0.6 is 11.9 Å². The Labute approximate surface area is 115 Å². The van der Waals surface area contributed by atoms with Crippen molar-refractivity contribution in [2.45, 2.75) is 11.8 Å². The van der Waals surface area contributed by atoms with Crippen LogP contribution in [0.25, 0.3) is 21.4 Å². The summed E-state index contributed by atoms with van der Waals surface area (Å²) < 4.78 is 35.2. The molecule has 0 atom stereocenters. The molecule has 8 heteroatoms. The monoisotopic (exact) mass is 297 g/mol. The van der Waals surface area contributed by atoms with E-state index in [2.05, 4.69) is 22.6 Å². The molecule has 1 aromatic rings. The van der Waals surface area contributed by atoms with Crippen LogP contribution in [0.1, 0.15) is 16.7 Å². The minimum atomic E-state index is -4.37. The Bertz CT molecular complexity index is 689. The van der Waals surface area contributed by atoms with Crippen molar-refractivity contribution < 1.29 is 13.0 Å². The van der Waals surface area contributed by atoms with Crippen molar-refractivity contribution in [3.05, 3.63) is 52.4 Å². The molecule has 0 aliphatic heterocycles. The topological polar surface area (TPSA) is 103 Å². The Morgan fingerprint density at radius 1 is 1.58 bits per heavy atom. The molecule has 0 amide bonds. The number of nitrogens with zero attached hydrogens (tertiary/aromatic N) is 3. The molecule has 0 aromatic heterocycles. The average molecular weight is 297 g/mol. The van der Waals surface area contributed by atoms with Crippen LogP contribution in [0.15, 0.2) is 34.7 Å². The molecule has 100 valence electrons. The van der Waals surface area contributed by atoms with Crippen molar-refractivity contribution in [3.63, 3.8) is 0 Å². The van der Waals surface area contributed by atoms with Crippen molar-refractivity contribution in [2.24, 2.45) is 4.52 Å². The van der Waals surface area contributed by atoms with Gasteiger partial charge < -0.3 is 0 Å². The standard InChI is InChI=1S/C11H11N3O3S2/c1-4-9-10(8(3)18-14-13-12)5-7(2)6-11(9)19(15,16)17/h4-6H,1,3H2,2H3,(H,15,16,17). The Morgan fingerprint density at radius 3 is 2.68 bits per heavy atom. The first-order valence-electron chi connectivity index (χ1n) is 4.96. The number of azide groups is 1. The van der Waals surface area contributed by atoms with Crippen LogP contribution in [0, 0.1) is 6.92 Å². The summed E-state index contributed by atoms with van der Waals surface area (Å²) in [4.78, 5) is 2.70. The molecule has 0 heterocycles. The highest BCUT2D eigenvalue weighted by molar-refractivity contribution is 8.07. The van der Waals surface area contributed by atoms with Gasteiger partial charge in [-0.1, -0.05) is 25.3 Å². The van der Waals surface area contributed by atoms with Gasteiger partial charge in [0, 0.05) is 15.4 Å². The normalized spacial score (nSPS) is 10.6. The first-order valence-corrected chi connectivity index (χ1v) is 7.18. The zero-order chi connectivity index (χ0) is 14.6. The van der Waals surface area contributed by atoms with Crippen molar-refractivity contribution in [1.82, 2.24) is 0 Å². The lowest BCUT2D eigenvalue weighted by molar-refractivity contribution is 0.483. The number of hydrogen-bond donors (Lipinski definition) is 1. The highest BCUT2D eigenvalue weighted by Crippen LogP contribution is 2.33. The highest BCUT2D eigenvalue weighted by atomic mass is 32.2. The van der Waals surface area contributed by atoms with E-state index in [0.29, 0.717) is 16.0 Å². The minimum absolute atomic E-state index is 0.221. The molecule has 0 saturated heterocycles. The van der Waals surface area contributed by atoms with Gasteiger partial charge in [-0.2, -0.15) is 8.42 Å². The summed E-state index contributed by atoms with van der Waals surface area (Å²) in [5.74, 6) is 0. The van der Waals surface area contributed by atoms with Crippen LogP contribution in [-0.4, -0.2) is 13.0 Å². The zero-order valence-electron chi connectivity index (χ0n) is 10.1. The minimum Gasteiger partial charge on any atom is -0.282 e. The van der Waals surface area contributed by atoms with Gasteiger partial charge in [0.1, 0.15) is 4.90 Å². The van der Waals surface area contributed by atoms with Gasteiger partial charge in [-0.05, 0) is 46.1 Å². The molecule has 1 aromatic carbocycles. The predicted molar refractivity (Wildman–Crippen MR) is 76.9 cm³/mol. The molecule has 0 radical (unpaired) electrons. The van der Waals surface area contributed by atoms with Gasteiger partial charge in [0.2, 0.25) is 0 Å². The van der Waals surface area contributed by atoms with Gasteiger partial charge in [-0.25, -0.2) is 0 Å². The van der Waals surface area contributed by atoms with E-state index in [-0.39, 0.29) is 10.5 Å². The van der Waals surface area contributed by atoms with Gasteiger partial charge >= 0.3 is 0 Å². The van der Waals surface area contributed by atoms with Gasteiger partial charge in [0.25, 0.3) is 10.1 Å². The Hall–Kier alpha value is -1.73. The van der Waals surface area contributed by atoms with E-state index in [1.165, 1.54) is 12.1 Å². The highest BCUT2D eigenvalue weighted by Gasteiger charge is 2.18. The summed E-state index contributed by atoms with van der Waals surface area (Å²) >= 11 is 0.777. The largest absolute Gasteiger partial charge is 0.295 e. The quantitative estimate of drug-likeness (QED) is 0.293. The van der Waals surface area contributed by atoms with E-state index >= 15 is 0 Å². The fourth-order valence-corrected chi connectivity index (χ4v) is 2.74. The fraction of sp³-hybridized carbons (Fsp3) is 0.0909. The molecule has 0 fully saturated rings. The number of hydrogen-bond acceptors (Lipinski definition) is 4. The first-order chi connectivity index (χ1) is 8.81. The second-order valence-electron chi connectivity index (χ2n) is 3.59. The number of benzene rings is 1. The van der Waals surface area contributed by atoms with E-state index in [1.807, 2.05) is 0 Å². The zero-order valence-corrected chi connectivity index (χ0v) is 11.7. The summed E-state index contributed by atoms with van der Waals surface area (Å²) in [6.45, 7) is 8.92. The molecule has 0 aliphatic rings. The third kappa shape index (κ3) is 3.62. The summed E-state index contributed by atoms with van der Waals surface area (Å²) in [6, 6.07) is 3.01. The van der Waals surface area contributed by atoms with Crippen LogP contribution in [0.2, 0.25) is 0 Å². The second-order valence-corrected chi connectivity index (χ2v) is 5.82. The van der Waals surface area contributed by atoms with Crippen LogP contribution in [0.3, 0.4) is 0 Å². The lowest BCUT2D eigenvalue weighted by Gasteiger charge is -2.12. The summed E-state index contributed by atoms with van der Waals surface area (Å²) in [6.07, 6.45) is 1.31. The van der Waals surface area contributed by atoms with Crippen molar-refractivity contribution in [1.29, 1.82) is 0 Å². The van der Waals surface area contributed by atoms with E-state index in [4.69, 9.17) is 5.53 Å². The number of rotatable bonds is 5. The summed E-state index contributed by atoms with van der Waals surface area (Å²) in [5.41, 5.74) is 9.55.